The fourth-order valence-electron chi connectivity index (χ4n) is 4.17. The maximum atomic E-state index is 6.45. The van der Waals surface area contributed by atoms with E-state index in [0.717, 1.165) is 46.8 Å². The molecule has 1 aromatic carbocycles. The van der Waals surface area contributed by atoms with E-state index in [4.69, 9.17) is 16.6 Å². The second kappa shape index (κ2) is 10.4. The van der Waals surface area contributed by atoms with E-state index in [9.17, 15) is 0 Å². The first-order chi connectivity index (χ1) is 15.0. The van der Waals surface area contributed by atoms with Crippen molar-refractivity contribution in [2.24, 2.45) is 5.92 Å². The standard InChI is InChI=1S/C23H27BrClN5S/c1-16(15-31-2)13-29-9-5-6-17(14-29)11-26-22-10-21(18-7-3-4-8-20(18)25)28-23-19(24)12-27-30(22)23/h3-4,7-8,10,12,15,17,26H,5-6,9,11,13-14H2,1-2H3/b16-15+. The van der Waals surface area contributed by atoms with Crippen molar-refractivity contribution < 1.29 is 0 Å². The van der Waals surface area contributed by atoms with Crippen LogP contribution in [0.2, 0.25) is 5.02 Å². The summed E-state index contributed by atoms with van der Waals surface area (Å²) in [5, 5.41) is 11.1. The summed E-state index contributed by atoms with van der Waals surface area (Å²) in [6, 6.07) is 9.85. The van der Waals surface area contributed by atoms with Crippen LogP contribution in [0.25, 0.3) is 16.9 Å². The van der Waals surface area contributed by atoms with Gasteiger partial charge in [-0.3, -0.25) is 4.90 Å². The average molecular weight is 521 g/mol. The predicted octanol–water partition coefficient (Wildman–Crippen LogP) is 6.20. The Labute approximate surface area is 201 Å². The lowest BCUT2D eigenvalue weighted by molar-refractivity contribution is 0.194. The molecular formula is C23H27BrClN5S. The summed E-state index contributed by atoms with van der Waals surface area (Å²) in [6.07, 6.45) is 6.38. The highest BCUT2D eigenvalue weighted by atomic mass is 79.9. The molecule has 1 aliphatic heterocycles. The first-order valence-corrected chi connectivity index (χ1v) is 12.9. The number of thioether (sulfide) groups is 1. The van der Waals surface area contributed by atoms with Crippen molar-refractivity contribution in [3.8, 4) is 11.3 Å². The summed E-state index contributed by atoms with van der Waals surface area (Å²) in [4.78, 5) is 7.37. The van der Waals surface area contributed by atoms with E-state index in [1.165, 1.54) is 25.0 Å². The molecule has 0 aliphatic carbocycles. The fourth-order valence-corrected chi connectivity index (χ4v) is 5.23. The van der Waals surface area contributed by atoms with Crippen LogP contribution in [-0.2, 0) is 0 Å². The van der Waals surface area contributed by atoms with Crippen LogP contribution in [0.4, 0.5) is 5.82 Å². The van der Waals surface area contributed by atoms with E-state index in [2.05, 4.69) is 49.8 Å². The fraction of sp³-hybridized carbons (Fsp3) is 0.391. The Balaban J connectivity index is 1.53. The summed E-state index contributed by atoms with van der Waals surface area (Å²) in [7, 11) is 0. The number of piperidine rings is 1. The Hall–Kier alpha value is -1.54. The smallest absolute Gasteiger partial charge is 0.172 e. The Kier molecular flexibility index (Phi) is 7.59. The number of hydrogen-bond donors (Lipinski definition) is 1. The lowest BCUT2D eigenvalue weighted by Crippen LogP contribution is -2.39. The lowest BCUT2D eigenvalue weighted by atomic mass is 9.97. The number of hydrogen-bond acceptors (Lipinski definition) is 5. The van der Waals surface area contributed by atoms with Gasteiger partial charge in [-0.2, -0.15) is 9.61 Å². The molecule has 1 fully saturated rings. The van der Waals surface area contributed by atoms with Crippen molar-refractivity contribution in [2.45, 2.75) is 19.8 Å². The Morgan fingerprint density at radius 2 is 2.23 bits per heavy atom. The summed E-state index contributed by atoms with van der Waals surface area (Å²) in [6.45, 7) is 6.47. The highest BCUT2D eigenvalue weighted by molar-refractivity contribution is 9.10. The van der Waals surface area contributed by atoms with E-state index in [1.807, 2.05) is 34.8 Å². The molecule has 5 nitrogen and oxygen atoms in total. The molecule has 1 unspecified atom stereocenters. The normalized spacial score (nSPS) is 17.9. The second-order valence-electron chi connectivity index (χ2n) is 8.06. The maximum absolute atomic E-state index is 6.45. The quantitative estimate of drug-likeness (QED) is 0.402. The van der Waals surface area contributed by atoms with E-state index in [1.54, 1.807) is 18.0 Å². The molecule has 1 saturated heterocycles. The number of likely N-dealkylation sites (tertiary alicyclic amines) is 1. The number of halogens is 2. The highest BCUT2D eigenvalue weighted by Crippen LogP contribution is 2.30. The lowest BCUT2D eigenvalue weighted by Gasteiger charge is -2.33. The monoisotopic (exact) mass is 519 g/mol. The number of aromatic nitrogens is 3. The van der Waals surface area contributed by atoms with Gasteiger partial charge in [0.1, 0.15) is 5.82 Å². The number of benzene rings is 1. The molecule has 3 aromatic rings. The largest absolute Gasteiger partial charge is 0.370 e. The maximum Gasteiger partial charge on any atom is 0.172 e. The molecule has 0 bridgehead atoms. The molecule has 0 spiro atoms. The van der Waals surface area contributed by atoms with Crippen molar-refractivity contribution in [3.63, 3.8) is 0 Å². The van der Waals surface area contributed by atoms with Gasteiger partial charge in [0.15, 0.2) is 5.65 Å². The Morgan fingerprint density at radius 3 is 3.03 bits per heavy atom. The van der Waals surface area contributed by atoms with Gasteiger partial charge >= 0.3 is 0 Å². The van der Waals surface area contributed by atoms with Gasteiger partial charge in [0, 0.05) is 36.3 Å². The molecule has 0 amide bonds. The molecule has 31 heavy (non-hydrogen) atoms. The van der Waals surface area contributed by atoms with Crippen LogP contribution in [0.5, 0.6) is 0 Å². The third kappa shape index (κ3) is 5.45. The van der Waals surface area contributed by atoms with E-state index < -0.39 is 0 Å². The van der Waals surface area contributed by atoms with Gasteiger partial charge in [-0.05, 0) is 65.9 Å². The van der Waals surface area contributed by atoms with Crippen molar-refractivity contribution in [1.82, 2.24) is 19.5 Å². The van der Waals surface area contributed by atoms with Crippen molar-refractivity contribution >= 4 is 50.8 Å². The molecular weight excluding hydrogens is 494 g/mol. The minimum Gasteiger partial charge on any atom is -0.370 e. The summed E-state index contributed by atoms with van der Waals surface area (Å²) in [5.74, 6) is 1.53. The van der Waals surface area contributed by atoms with Crippen molar-refractivity contribution in [3.05, 3.63) is 57.0 Å². The van der Waals surface area contributed by atoms with Gasteiger partial charge in [0.05, 0.1) is 16.4 Å². The molecule has 1 N–H and O–H groups in total. The van der Waals surface area contributed by atoms with Gasteiger partial charge in [-0.1, -0.05) is 35.4 Å². The molecule has 1 atom stereocenters. The molecule has 0 saturated carbocycles. The average Bonchev–Trinajstić information content (AvgIpc) is 3.14. The molecule has 0 radical (unpaired) electrons. The van der Waals surface area contributed by atoms with Gasteiger partial charge in [-0.25, -0.2) is 4.98 Å². The zero-order valence-corrected chi connectivity index (χ0v) is 21.0. The van der Waals surface area contributed by atoms with Crippen LogP contribution >= 0.6 is 39.3 Å². The van der Waals surface area contributed by atoms with Crippen LogP contribution in [-0.4, -0.2) is 51.9 Å². The van der Waals surface area contributed by atoms with Crippen LogP contribution < -0.4 is 5.32 Å². The topological polar surface area (TPSA) is 45.5 Å². The number of nitrogens with one attached hydrogen (secondary N) is 1. The van der Waals surface area contributed by atoms with Gasteiger partial charge in [0.2, 0.25) is 0 Å². The minimum atomic E-state index is 0.599. The highest BCUT2D eigenvalue weighted by Gasteiger charge is 2.21. The number of fused-ring (bicyclic) bond motifs is 1. The van der Waals surface area contributed by atoms with Crippen molar-refractivity contribution in [1.29, 1.82) is 0 Å². The van der Waals surface area contributed by atoms with Crippen LogP contribution in [0.1, 0.15) is 19.8 Å². The Morgan fingerprint density at radius 1 is 1.39 bits per heavy atom. The summed E-state index contributed by atoms with van der Waals surface area (Å²) >= 11 is 11.8. The van der Waals surface area contributed by atoms with Crippen molar-refractivity contribution in [2.75, 3.05) is 37.8 Å². The van der Waals surface area contributed by atoms with E-state index >= 15 is 0 Å². The van der Waals surface area contributed by atoms with Gasteiger partial charge < -0.3 is 5.32 Å². The molecule has 1 aliphatic rings. The third-order valence-corrected chi connectivity index (χ3v) is 7.07. The Bertz CT molecular complexity index is 1080. The predicted molar refractivity (Wildman–Crippen MR) is 136 cm³/mol. The van der Waals surface area contributed by atoms with Crippen LogP contribution in [0, 0.1) is 5.92 Å². The number of nitrogens with zero attached hydrogens (tertiary/aromatic N) is 4. The SMILES string of the molecule is CS/C=C(\C)CN1CCCC(CNc2cc(-c3ccccc3Cl)nc3c(Br)cnn23)C1. The second-order valence-corrected chi connectivity index (χ2v) is 10.0. The molecule has 4 rings (SSSR count). The molecule has 2 aromatic heterocycles. The molecule has 8 heteroatoms. The van der Waals surface area contributed by atoms with Gasteiger partial charge in [-0.15, -0.1) is 11.8 Å². The first-order valence-electron chi connectivity index (χ1n) is 10.5. The summed E-state index contributed by atoms with van der Waals surface area (Å²) in [5.41, 5.74) is 3.97. The molecule has 164 valence electrons. The van der Waals surface area contributed by atoms with Gasteiger partial charge in [0.25, 0.3) is 0 Å². The van der Waals surface area contributed by atoms with Crippen LogP contribution in [0.3, 0.4) is 0 Å². The summed E-state index contributed by atoms with van der Waals surface area (Å²) < 4.78 is 2.72. The first kappa shape index (κ1) is 22.6. The number of rotatable bonds is 7. The number of anilines is 1. The zero-order chi connectivity index (χ0) is 21.8. The van der Waals surface area contributed by atoms with E-state index in [0.29, 0.717) is 10.9 Å². The van der Waals surface area contributed by atoms with E-state index in [-0.39, 0.29) is 0 Å². The molecule has 3 heterocycles. The minimum absolute atomic E-state index is 0.599. The zero-order valence-electron chi connectivity index (χ0n) is 17.8. The third-order valence-electron chi connectivity index (χ3n) is 5.55. The van der Waals surface area contributed by atoms with Crippen LogP contribution in [0.15, 0.2) is 52.0 Å².